The van der Waals surface area contributed by atoms with E-state index in [9.17, 15) is 26.4 Å². The van der Waals surface area contributed by atoms with Gasteiger partial charge in [-0.15, -0.1) is 24.5 Å². The van der Waals surface area contributed by atoms with Crippen LogP contribution < -0.4 is 14.2 Å². The summed E-state index contributed by atoms with van der Waals surface area (Å²) >= 11 is 0.913. The van der Waals surface area contributed by atoms with Crippen molar-refractivity contribution < 1.29 is 41.0 Å². The molecule has 0 bridgehead atoms. The molecule has 0 aliphatic rings. The highest BCUT2D eigenvalue weighted by Gasteiger charge is 2.31. The summed E-state index contributed by atoms with van der Waals surface area (Å²) in [6.07, 6.45) is -4.84. The SMILES string of the molecule is COc1cc(C(=O)O)ccc1NS(=O)(=O)c1csc(C#Cc2cccc(OC(F)(F)F)c2)n1. The molecule has 0 aliphatic carbocycles. The zero-order chi connectivity index (χ0) is 24.2. The van der Waals surface area contributed by atoms with E-state index in [4.69, 9.17) is 9.84 Å². The molecule has 0 radical (unpaired) electrons. The quantitative estimate of drug-likeness (QED) is 0.495. The first-order valence-corrected chi connectivity index (χ1v) is 11.1. The van der Waals surface area contributed by atoms with Crippen molar-refractivity contribution in [2.75, 3.05) is 11.8 Å². The lowest BCUT2D eigenvalue weighted by molar-refractivity contribution is -0.274. The van der Waals surface area contributed by atoms with E-state index < -0.39 is 28.1 Å². The molecule has 8 nitrogen and oxygen atoms in total. The maximum atomic E-state index is 12.6. The third-order valence-electron chi connectivity index (χ3n) is 3.83. The molecule has 0 fully saturated rings. The number of carboxylic acid groups (broad SMARTS) is 1. The molecule has 2 aromatic carbocycles. The molecule has 13 heteroatoms. The largest absolute Gasteiger partial charge is 0.573 e. The van der Waals surface area contributed by atoms with Crippen molar-refractivity contribution in [2.45, 2.75) is 11.4 Å². The number of methoxy groups -OCH3 is 1. The molecule has 3 rings (SSSR count). The summed E-state index contributed by atoms with van der Waals surface area (Å²) in [5.41, 5.74) is 0.119. The maximum absolute atomic E-state index is 12.6. The Morgan fingerprint density at radius 1 is 1.18 bits per heavy atom. The normalized spacial score (nSPS) is 11.3. The standard InChI is InChI=1S/C20H13F3N2O6S2/c1-30-16-10-13(19(26)27)6-7-15(16)25-33(28,29)18-11-32-17(24-18)8-5-12-3-2-4-14(9-12)31-20(21,22)23/h2-4,6-7,9-11,25H,1H3,(H,26,27). The van der Waals surface area contributed by atoms with E-state index in [0.29, 0.717) is 0 Å². The fourth-order valence-corrected chi connectivity index (χ4v) is 4.45. The van der Waals surface area contributed by atoms with Gasteiger partial charge in [0, 0.05) is 10.9 Å². The second kappa shape index (κ2) is 9.39. The summed E-state index contributed by atoms with van der Waals surface area (Å²) in [5, 5.41) is 10.0. The average molecular weight is 498 g/mol. The number of rotatable bonds is 6. The second-order valence-corrected chi connectivity index (χ2v) is 8.63. The minimum absolute atomic E-state index is 0.00427. The number of carboxylic acids is 1. The van der Waals surface area contributed by atoms with Gasteiger partial charge in [-0.2, -0.15) is 8.42 Å². The topological polar surface area (TPSA) is 115 Å². The molecular formula is C20H13F3N2O6S2. The lowest BCUT2D eigenvalue weighted by atomic mass is 10.2. The lowest BCUT2D eigenvalue weighted by Gasteiger charge is -2.11. The van der Waals surface area contributed by atoms with Gasteiger partial charge in [-0.05, 0) is 42.3 Å². The summed E-state index contributed by atoms with van der Waals surface area (Å²) in [4.78, 5) is 15.0. The average Bonchev–Trinajstić information content (AvgIpc) is 3.21. The van der Waals surface area contributed by atoms with Gasteiger partial charge < -0.3 is 14.6 Å². The highest BCUT2D eigenvalue weighted by Crippen LogP contribution is 2.28. The van der Waals surface area contributed by atoms with E-state index >= 15 is 0 Å². The lowest BCUT2D eigenvalue weighted by Crippen LogP contribution is -2.17. The van der Waals surface area contributed by atoms with E-state index in [1.54, 1.807) is 0 Å². The van der Waals surface area contributed by atoms with Crippen LogP contribution in [0.4, 0.5) is 18.9 Å². The van der Waals surface area contributed by atoms with Crippen molar-refractivity contribution in [3.63, 3.8) is 0 Å². The zero-order valence-electron chi connectivity index (χ0n) is 16.5. The van der Waals surface area contributed by atoms with Crippen LogP contribution in [0.1, 0.15) is 20.9 Å². The van der Waals surface area contributed by atoms with Gasteiger partial charge in [0.25, 0.3) is 10.0 Å². The van der Waals surface area contributed by atoms with Crippen LogP contribution in [0, 0.1) is 11.8 Å². The van der Waals surface area contributed by atoms with Crippen molar-refractivity contribution in [3.05, 3.63) is 64.0 Å². The van der Waals surface area contributed by atoms with E-state index in [0.717, 1.165) is 29.5 Å². The van der Waals surface area contributed by atoms with Gasteiger partial charge in [-0.1, -0.05) is 12.0 Å². The van der Waals surface area contributed by atoms with Crippen molar-refractivity contribution >= 4 is 33.0 Å². The zero-order valence-corrected chi connectivity index (χ0v) is 18.1. The Morgan fingerprint density at radius 3 is 2.61 bits per heavy atom. The summed E-state index contributed by atoms with van der Waals surface area (Å²) < 4.78 is 73.4. The molecule has 3 aromatic rings. The van der Waals surface area contributed by atoms with Crippen LogP contribution in [0.15, 0.2) is 52.9 Å². The molecular weight excluding hydrogens is 485 g/mol. The number of carbonyl (C=O) groups is 1. The Kier molecular flexibility index (Phi) is 6.80. The number of aromatic carboxylic acids is 1. The van der Waals surface area contributed by atoms with E-state index in [-0.39, 0.29) is 32.6 Å². The first-order valence-electron chi connectivity index (χ1n) is 8.74. The highest BCUT2D eigenvalue weighted by atomic mass is 32.2. The van der Waals surface area contributed by atoms with Crippen LogP contribution in [0.2, 0.25) is 0 Å². The van der Waals surface area contributed by atoms with Gasteiger partial charge in [-0.3, -0.25) is 4.72 Å². The van der Waals surface area contributed by atoms with Gasteiger partial charge in [0.1, 0.15) is 11.5 Å². The number of alkyl halides is 3. The number of nitrogens with one attached hydrogen (secondary N) is 1. The number of hydrogen-bond acceptors (Lipinski definition) is 7. The van der Waals surface area contributed by atoms with Crippen LogP contribution in [-0.2, 0) is 10.0 Å². The Labute approximate surface area is 189 Å². The van der Waals surface area contributed by atoms with Crippen molar-refractivity contribution in [3.8, 4) is 23.3 Å². The first kappa shape index (κ1) is 23.9. The third-order valence-corrected chi connectivity index (χ3v) is 5.99. The molecule has 0 atom stereocenters. The van der Waals surface area contributed by atoms with E-state index in [2.05, 4.69) is 26.3 Å². The molecule has 0 saturated heterocycles. The molecule has 0 aliphatic heterocycles. The van der Waals surface area contributed by atoms with Gasteiger partial charge in [-0.25, -0.2) is 9.78 Å². The Morgan fingerprint density at radius 2 is 1.94 bits per heavy atom. The molecule has 2 N–H and O–H groups in total. The Balaban J connectivity index is 1.80. The van der Waals surface area contributed by atoms with Crippen LogP contribution in [0.25, 0.3) is 0 Å². The summed E-state index contributed by atoms with van der Waals surface area (Å²) in [5.74, 6) is 3.53. The van der Waals surface area contributed by atoms with Crippen LogP contribution in [0.3, 0.4) is 0 Å². The minimum Gasteiger partial charge on any atom is -0.495 e. The van der Waals surface area contributed by atoms with Gasteiger partial charge in [0.15, 0.2) is 10.0 Å². The van der Waals surface area contributed by atoms with E-state index in [1.807, 2.05) is 0 Å². The maximum Gasteiger partial charge on any atom is 0.573 e. The summed E-state index contributed by atoms with van der Waals surface area (Å²) in [6.45, 7) is 0. The van der Waals surface area contributed by atoms with Crippen LogP contribution >= 0.6 is 11.3 Å². The fourth-order valence-electron chi connectivity index (χ4n) is 2.44. The monoisotopic (exact) mass is 498 g/mol. The minimum atomic E-state index is -4.84. The highest BCUT2D eigenvalue weighted by molar-refractivity contribution is 7.92. The fraction of sp³-hybridized carbons (Fsp3) is 0.100. The smallest absolute Gasteiger partial charge is 0.495 e. The predicted octanol–water partition coefficient (Wildman–Crippen LogP) is 3.95. The molecule has 0 amide bonds. The van der Waals surface area contributed by atoms with Gasteiger partial charge in [0.2, 0.25) is 0 Å². The number of nitrogens with zero attached hydrogens (tertiary/aromatic N) is 1. The van der Waals surface area contributed by atoms with Crippen LogP contribution in [-0.4, -0.2) is 37.9 Å². The first-order chi connectivity index (χ1) is 15.5. The second-order valence-electron chi connectivity index (χ2n) is 6.14. The van der Waals surface area contributed by atoms with Gasteiger partial charge in [0.05, 0.1) is 18.4 Å². The molecule has 0 saturated carbocycles. The van der Waals surface area contributed by atoms with E-state index in [1.165, 1.54) is 36.8 Å². The third kappa shape index (κ3) is 6.37. The number of hydrogen-bond donors (Lipinski definition) is 2. The molecule has 1 aromatic heterocycles. The molecule has 0 unspecified atom stereocenters. The Bertz CT molecular complexity index is 1360. The van der Waals surface area contributed by atoms with Crippen molar-refractivity contribution in [1.29, 1.82) is 0 Å². The Hall–Kier alpha value is -3.76. The van der Waals surface area contributed by atoms with Crippen LogP contribution in [0.5, 0.6) is 11.5 Å². The summed E-state index contributed by atoms with van der Waals surface area (Å²) in [6, 6.07) is 8.59. The molecule has 172 valence electrons. The van der Waals surface area contributed by atoms with Crippen molar-refractivity contribution in [1.82, 2.24) is 4.98 Å². The van der Waals surface area contributed by atoms with Gasteiger partial charge >= 0.3 is 12.3 Å². The molecule has 33 heavy (non-hydrogen) atoms. The number of benzene rings is 2. The number of ether oxygens (including phenoxy) is 2. The number of sulfonamides is 1. The van der Waals surface area contributed by atoms with Crippen molar-refractivity contribution in [2.24, 2.45) is 0 Å². The molecule has 0 spiro atoms. The molecule has 1 heterocycles. The number of thiazole rings is 1. The number of anilines is 1. The number of halogens is 3. The summed E-state index contributed by atoms with van der Waals surface area (Å²) in [7, 11) is -2.91. The predicted molar refractivity (Wildman–Crippen MR) is 112 cm³/mol. The number of aromatic nitrogens is 1.